The molecule has 0 spiro atoms. The van der Waals surface area contributed by atoms with Gasteiger partial charge in [0.2, 0.25) is 0 Å². The SMILES string of the molecule is CC1=C(I)C2C=CC1C2. The minimum absolute atomic E-state index is 0.801. The molecule has 48 valence electrons. The molecule has 0 fully saturated rings. The van der Waals surface area contributed by atoms with Crippen LogP contribution in [0.3, 0.4) is 0 Å². The average molecular weight is 232 g/mol. The molecule has 0 heterocycles. The van der Waals surface area contributed by atoms with Crippen LogP contribution in [-0.2, 0) is 0 Å². The van der Waals surface area contributed by atoms with Gasteiger partial charge in [0, 0.05) is 5.92 Å². The number of halogens is 1. The molecule has 0 radical (unpaired) electrons. The van der Waals surface area contributed by atoms with Gasteiger partial charge in [0.05, 0.1) is 0 Å². The summed E-state index contributed by atoms with van der Waals surface area (Å²) in [4.78, 5) is 0. The van der Waals surface area contributed by atoms with Crippen molar-refractivity contribution in [1.82, 2.24) is 0 Å². The molecule has 2 aliphatic carbocycles. The van der Waals surface area contributed by atoms with E-state index in [0.717, 1.165) is 11.8 Å². The smallest absolute Gasteiger partial charge is 0.00845 e. The Kier molecular flexibility index (Phi) is 1.22. The molecule has 2 bridgehead atoms. The predicted molar refractivity (Wildman–Crippen MR) is 47.5 cm³/mol. The largest absolute Gasteiger partial charge is 0.0807 e. The number of hydrogen-bond acceptors (Lipinski definition) is 0. The number of hydrogen-bond donors (Lipinski definition) is 0. The molecule has 0 saturated carbocycles. The summed E-state index contributed by atoms with van der Waals surface area (Å²) >= 11 is 2.48. The monoisotopic (exact) mass is 232 g/mol. The first-order valence-electron chi connectivity index (χ1n) is 3.33. The first-order chi connectivity index (χ1) is 4.29. The average Bonchev–Trinajstić information content (AvgIpc) is 2.37. The minimum atomic E-state index is 0.801. The van der Waals surface area contributed by atoms with E-state index in [1.807, 2.05) is 0 Å². The molecule has 0 aromatic carbocycles. The number of allylic oxidation sites excluding steroid dienone is 4. The molecule has 2 atom stereocenters. The van der Waals surface area contributed by atoms with Gasteiger partial charge in [-0.25, -0.2) is 0 Å². The molecule has 2 unspecified atom stereocenters. The van der Waals surface area contributed by atoms with Gasteiger partial charge in [0.1, 0.15) is 0 Å². The van der Waals surface area contributed by atoms with Gasteiger partial charge in [0.15, 0.2) is 0 Å². The van der Waals surface area contributed by atoms with Crippen molar-refractivity contribution in [3.05, 3.63) is 21.3 Å². The maximum absolute atomic E-state index is 2.48. The van der Waals surface area contributed by atoms with Crippen LogP contribution in [0.1, 0.15) is 13.3 Å². The Hall–Kier alpha value is 0.210. The van der Waals surface area contributed by atoms with Crippen molar-refractivity contribution in [3.8, 4) is 0 Å². The third-order valence-electron chi connectivity index (χ3n) is 2.34. The van der Waals surface area contributed by atoms with E-state index >= 15 is 0 Å². The Balaban J connectivity index is 2.41. The maximum Gasteiger partial charge on any atom is 0.00845 e. The lowest BCUT2D eigenvalue weighted by Gasteiger charge is -2.04. The van der Waals surface area contributed by atoms with E-state index in [4.69, 9.17) is 0 Å². The van der Waals surface area contributed by atoms with Gasteiger partial charge < -0.3 is 0 Å². The molecule has 2 aliphatic rings. The molecule has 0 aromatic rings. The first-order valence-corrected chi connectivity index (χ1v) is 4.41. The van der Waals surface area contributed by atoms with Gasteiger partial charge in [-0.05, 0) is 45.4 Å². The summed E-state index contributed by atoms with van der Waals surface area (Å²) in [6.45, 7) is 2.26. The topological polar surface area (TPSA) is 0 Å². The van der Waals surface area contributed by atoms with Crippen LogP contribution in [0, 0.1) is 11.8 Å². The van der Waals surface area contributed by atoms with Crippen molar-refractivity contribution in [2.75, 3.05) is 0 Å². The van der Waals surface area contributed by atoms with Crippen LogP contribution in [-0.4, -0.2) is 0 Å². The van der Waals surface area contributed by atoms with Crippen LogP contribution in [0.2, 0.25) is 0 Å². The van der Waals surface area contributed by atoms with Gasteiger partial charge in [-0.1, -0.05) is 17.7 Å². The van der Waals surface area contributed by atoms with Gasteiger partial charge in [-0.3, -0.25) is 0 Å². The molecule has 0 N–H and O–H groups in total. The third-order valence-corrected chi connectivity index (χ3v) is 3.99. The van der Waals surface area contributed by atoms with Crippen molar-refractivity contribution in [2.45, 2.75) is 13.3 Å². The summed E-state index contributed by atoms with van der Waals surface area (Å²) in [5.74, 6) is 1.61. The van der Waals surface area contributed by atoms with Crippen molar-refractivity contribution >= 4 is 22.6 Å². The summed E-state index contributed by atoms with van der Waals surface area (Å²) < 4.78 is 1.60. The standard InChI is InChI=1S/C8H9I/c1-5-6-2-3-7(4-6)8(5)9/h2-3,6-7H,4H2,1H3. The minimum Gasteiger partial charge on any atom is -0.0807 e. The molecule has 2 rings (SSSR count). The van der Waals surface area contributed by atoms with E-state index in [9.17, 15) is 0 Å². The highest BCUT2D eigenvalue weighted by Crippen LogP contribution is 2.46. The second-order valence-corrected chi connectivity index (χ2v) is 4.03. The van der Waals surface area contributed by atoms with E-state index in [0.29, 0.717) is 0 Å². The van der Waals surface area contributed by atoms with Gasteiger partial charge in [-0.2, -0.15) is 0 Å². The van der Waals surface area contributed by atoms with E-state index in [1.165, 1.54) is 6.42 Å². The Labute approximate surface area is 69.2 Å². The molecule has 0 nitrogen and oxygen atoms in total. The highest BCUT2D eigenvalue weighted by atomic mass is 127. The fourth-order valence-electron chi connectivity index (χ4n) is 1.68. The van der Waals surface area contributed by atoms with Gasteiger partial charge >= 0.3 is 0 Å². The first kappa shape index (κ1) is 5.96. The third kappa shape index (κ3) is 0.704. The summed E-state index contributed by atoms with van der Waals surface area (Å²) in [6.07, 6.45) is 6.06. The van der Waals surface area contributed by atoms with Gasteiger partial charge in [-0.15, -0.1) is 0 Å². The van der Waals surface area contributed by atoms with Crippen LogP contribution < -0.4 is 0 Å². The zero-order valence-electron chi connectivity index (χ0n) is 5.39. The van der Waals surface area contributed by atoms with Crippen molar-refractivity contribution in [2.24, 2.45) is 11.8 Å². The lowest BCUT2D eigenvalue weighted by atomic mass is 10.1. The second-order valence-electron chi connectivity index (χ2n) is 2.86. The van der Waals surface area contributed by atoms with E-state index in [2.05, 4.69) is 41.7 Å². The molecular weight excluding hydrogens is 223 g/mol. The molecule has 9 heavy (non-hydrogen) atoms. The summed E-state index contributed by atoms with van der Waals surface area (Å²) in [6, 6.07) is 0. The van der Waals surface area contributed by atoms with Crippen molar-refractivity contribution < 1.29 is 0 Å². The van der Waals surface area contributed by atoms with E-state index in [1.54, 1.807) is 9.15 Å². The predicted octanol–water partition coefficient (Wildman–Crippen LogP) is 2.90. The summed E-state index contributed by atoms with van der Waals surface area (Å²) in [5.41, 5.74) is 1.61. The van der Waals surface area contributed by atoms with Crippen LogP contribution >= 0.6 is 22.6 Å². The Morgan fingerprint density at radius 1 is 1.44 bits per heavy atom. The fourth-order valence-corrected chi connectivity index (χ4v) is 2.54. The summed E-state index contributed by atoms with van der Waals surface area (Å²) in [7, 11) is 0. The molecular formula is C8H9I. The molecule has 0 aliphatic heterocycles. The lowest BCUT2D eigenvalue weighted by molar-refractivity contribution is 0.713. The molecule has 0 amide bonds. The van der Waals surface area contributed by atoms with Crippen molar-refractivity contribution in [1.29, 1.82) is 0 Å². The fraction of sp³-hybridized carbons (Fsp3) is 0.500. The van der Waals surface area contributed by atoms with Crippen molar-refractivity contribution in [3.63, 3.8) is 0 Å². The van der Waals surface area contributed by atoms with Crippen LogP contribution in [0.15, 0.2) is 21.3 Å². The number of rotatable bonds is 0. The van der Waals surface area contributed by atoms with Crippen LogP contribution in [0.25, 0.3) is 0 Å². The second kappa shape index (κ2) is 1.84. The quantitative estimate of drug-likeness (QED) is 0.445. The summed E-state index contributed by atoms with van der Waals surface area (Å²) in [5, 5.41) is 0. The van der Waals surface area contributed by atoms with Gasteiger partial charge in [0.25, 0.3) is 0 Å². The highest BCUT2D eigenvalue weighted by molar-refractivity contribution is 14.1. The van der Waals surface area contributed by atoms with Crippen LogP contribution in [0.5, 0.6) is 0 Å². The van der Waals surface area contributed by atoms with E-state index in [-0.39, 0.29) is 0 Å². The zero-order valence-corrected chi connectivity index (χ0v) is 7.55. The lowest BCUT2D eigenvalue weighted by Crippen LogP contribution is -1.88. The maximum atomic E-state index is 2.48. The normalized spacial score (nSPS) is 38.9. The Morgan fingerprint density at radius 2 is 2.11 bits per heavy atom. The highest BCUT2D eigenvalue weighted by Gasteiger charge is 2.30. The molecule has 1 heteroatoms. The van der Waals surface area contributed by atoms with Crippen LogP contribution in [0.4, 0.5) is 0 Å². The zero-order chi connectivity index (χ0) is 6.43. The molecule has 0 aromatic heterocycles. The Morgan fingerprint density at radius 3 is 2.44 bits per heavy atom. The molecule has 0 saturated heterocycles. The number of fused-ring (bicyclic) bond motifs is 2. The Bertz CT molecular complexity index is 181. The van der Waals surface area contributed by atoms with E-state index < -0.39 is 0 Å².